The molecule has 5 rings (SSSR count). The van der Waals surface area contributed by atoms with E-state index in [-0.39, 0.29) is 34.8 Å². The van der Waals surface area contributed by atoms with Gasteiger partial charge in [-0.15, -0.1) is 0 Å². The van der Waals surface area contributed by atoms with Crippen molar-refractivity contribution in [3.8, 4) is 11.3 Å². The summed E-state index contributed by atoms with van der Waals surface area (Å²) in [5.41, 5.74) is 0.0265. The van der Waals surface area contributed by atoms with Crippen LogP contribution in [0.5, 0.6) is 0 Å². The molecule has 2 bridgehead atoms. The number of nitrogens with one attached hydrogen (secondary N) is 1. The Labute approximate surface area is 202 Å². The molecule has 0 unspecified atom stereocenters. The van der Waals surface area contributed by atoms with E-state index >= 15 is 4.39 Å². The lowest BCUT2D eigenvalue weighted by Gasteiger charge is -2.32. The van der Waals surface area contributed by atoms with Crippen molar-refractivity contribution < 1.29 is 25.4 Å². The van der Waals surface area contributed by atoms with Gasteiger partial charge in [0.25, 0.3) is 0 Å². The molecule has 2 aliphatic heterocycles. The third-order valence-electron chi connectivity index (χ3n) is 5.97. The van der Waals surface area contributed by atoms with Gasteiger partial charge in [0.05, 0.1) is 35.1 Å². The van der Waals surface area contributed by atoms with Gasteiger partial charge in [-0.25, -0.2) is 19.3 Å². The van der Waals surface area contributed by atoms with Crippen LogP contribution >= 0.6 is 11.6 Å². The Morgan fingerprint density at radius 3 is 2.82 bits per heavy atom. The van der Waals surface area contributed by atoms with Crippen LogP contribution in [0.15, 0.2) is 18.3 Å². The maximum absolute atomic E-state index is 15.2. The molecule has 2 aromatic heterocycles. The van der Waals surface area contributed by atoms with E-state index in [1.807, 2.05) is 13.8 Å². The molecule has 1 aromatic carbocycles. The highest BCUT2D eigenvalue weighted by atomic mass is 35.5. The van der Waals surface area contributed by atoms with Gasteiger partial charge in [0, 0.05) is 19.4 Å². The molecular formula is C23H27ClFN5O4. The molecule has 11 heteroatoms. The summed E-state index contributed by atoms with van der Waals surface area (Å²) in [6.45, 7) is 7.27. The van der Waals surface area contributed by atoms with Crippen LogP contribution in [0.4, 0.5) is 10.3 Å². The molecule has 0 spiro atoms. The molecule has 3 aromatic rings. The third-order valence-corrected chi connectivity index (χ3v) is 6.25. The van der Waals surface area contributed by atoms with Gasteiger partial charge < -0.3 is 29.6 Å². The number of rotatable bonds is 5. The predicted molar refractivity (Wildman–Crippen MR) is 124 cm³/mol. The SMILES string of the molecule is [2H][C@H]1[C@H]2OC[C@H](O2)[C@@H](O)[C@@H]1Nc1ncc(Cl)c(-c2cc(F)c3nc(C(C)(C)O)n(C(C)C)c3c2)n1. The zero-order valence-corrected chi connectivity index (χ0v) is 19.9. The van der Waals surface area contributed by atoms with Gasteiger partial charge in [-0.3, -0.25) is 0 Å². The van der Waals surface area contributed by atoms with Gasteiger partial charge >= 0.3 is 0 Å². The van der Waals surface area contributed by atoms with Crippen molar-refractivity contribution in [2.24, 2.45) is 0 Å². The van der Waals surface area contributed by atoms with Gasteiger partial charge in [-0.1, -0.05) is 11.6 Å². The lowest BCUT2D eigenvalue weighted by atomic mass is 10.0. The first-order valence-electron chi connectivity index (χ1n) is 11.6. The van der Waals surface area contributed by atoms with Crippen molar-refractivity contribution >= 4 is 28.6 Å². The second-order valence-electron chi connectivity index (χ2n) is 9.40. The monoisotopic (exact) mass is 492 g/mol. The van der Waals surface area contributed by atoms with Crippen molar-refractivity contribution in [1.82, 2.24) is 19.5 Å². The van der Waals surface area contributed by atoms with Crippen LogP contribution in [0.2, 0.25) is 5.02 Å². The molecule has 9 nitrogen and oxygen atoms in total. The summed E-state index contributed by atoms with van der Waals surface area (Å²) < 4.78 is 36.3. The smallest absolute Gasteiger partial charge is 0.223 e. The molecule has 0 amide bonds. The molecule has 5 atom stereocenters. The number of nitrogens with zero attached hydrogens (tertiary/aromatic N) is 4. The molecule has 3 N–H and O–H groups in total. The van der Waals surface area contributed by atoms with Crippen molar-refractivity contribution in [3.63, 3.8) is 0 Å². The molecule has 4 heterocycles. The standard InChI is InChI=1S/C23H27ClFN5O4/c1-10(2)30-15-6-11(5-13(25)19(15)28-21(30)23(3,4)32)18-12(24)8-26-22(29-18)27-14-7-17-33-9-16(34-17)20(14)31/h5-6,8,10,14,16-17,20,31-32H,7,9H2,1-4H3,(H,26,27,29)/t14-,16+,17+,20+/m1/s1/i7D/t7-,14-,16+,17+,20+. The Morgan fingerprint density at radius 2 is 2.12 bits per heavy atom. The van der Waals surface area contributed by atoms with Crippen molar-refractivity contribution in [3.05, 3.63) is 35.0 Å². The third kappa shape index (κ3) is 4.03. The average molecular weight is 493 g/mol. The van der Waals surface area contributed by atoms with Crippen LogP contribution in [0.1, 0.15) is 47.3 Å². The van der Waals surface area contributed by atoms with Gasteiger partial charge in [-0.05, 0) is 39.8 Å². The molecule has 2 fully saturated rings. The van der Waals surface area contributed by atoms with Crippen molar-refractivity contribution in [2.45, 2.75) is 70.3 Å². The lowest BCUT2D eigenvalue weighted by Crippen LogP contribution is -2.48. The van der Waals surface area contributed by atoms with Crippen LogP contribution in [-0.4, -0.2) is 60.9 Å². The highest BCUT2D eigenvalue weighted by Gasteiger charge is 2.43. The van der Waals surface area contributed by atoms with Gasteiger partial charge in [0.2, 0.25) is 5.95 Å². The zero-order chi connectivity index (χ0) is 25.2. The minimum absolute atomic E-state index is 0.101. The van der Waals surface area contributed by atoms with E-state index in [1.165, 1.54) is 12.3 Å². The minimum Gasteiger partial charge on any atom is -0.388 e. The second kappa shape index (κ2) is 8.39. The largest absolute Gasteiger partial charge is 0.388 e. The van der Waals surface area contributed by atoms with E-state index in [0.717, 1.165) is 0 Å². The van der Waals surface area contributed by atoms with E-state index in [2.05, 4.69) is 20.3 Å². The van der Waals surface area contributed by atoms with Crippen molar-refractivity contribution in [1.29, 1.82) is 0 Å². The summed E-state index contributed by atoms with van der Waals surface area (Å²) in [6.07, 6.45) is -1.80. The average Bonchev–Trinajstić information content (AvgIpc) is 3.40. The summed E-state index contributed by atoms with van der Waals surface area (Å²) in [7, 11) is 0. The maximum atomic E-state index is 15.2. The van der Waals surface area contributed by atoms with E-state index in [1.54, 1.807) is 24.5 Å². The number of hydrogen-bond donors (Lipinski definition) is 3. The number of hydrogen-bond acceptors (Lipinski definition) is 8. The van der Waals surface area contributed by atoms with E-state index in [4.69, 9.17) is 22.4 Å². The minimum atomic E-state index is -1.28. The van der Waals surface area contributed by atoms with Crippen LogP contribution in [0, 0.1) is 5.82 Å². The predicted octanol–water partition coefficient (Wildman–Crippen LogP) is 3.38. The zero-order valence-electron chi connectivity index (χ0n) is 20.2. The Morgan fingerprint density at radius 1 is 1.35 bits per heavy atom. The van der Waals surface area contributed by atoms with E-state index < -0.39 is 42.4 Å². The lowest BCUT2D eigenvalue weighted by molar-refractivity contribution is -0.123. The van der Waals surface area contributed by atoms with Crippen LogP contribution in [0.25, 0.3) is 22.3 Å². The van der Waals surface area contributed by atoms with Crippen LogP contribution in [-0.2, 0) is 15.1 Å². The fraction of sp³-hybridized carbons (Fsp3) is 0.522. The number of aliphatic hydroxyl groups excluding tert-OH is 1. The number of aliphatic hydroxyl groups is 2. The van der Waals surface area contributed by atoms with Crippen LogP contribution in [0.3, 0.4) is 0 Å². The normalized spacial score (nSPS) is 27.4. The first kappa shape index (κ1) is 22.1. The molecule has 2 aliphatic rings. The number of aromatic nitrogens is 4. The summed E-state index contributed by atoms with van der Waals surface area (Å²) in [5.74, 6) is -0.102. The molecule has 0 aliphatic carbocycles. The van der Waals surface area contributed by atoms with Gasteiger partial charge in [0.15, 0.2) is 12.1 Å². The summed E-state index contributed by atoms with van der Waals surface area (Å²) >= 11 is 6.41. The number of fused-ring (bicyclic) bond motifs is 3. The Bertz CT molecular complexity index is 1270. The summed E-state index contributed by atoms with van der Waals surface area (Å²) in [6, 6.07) is 2.18. The maximum Gasteiger partial charge on any atom is 0.223 e. The fourth-order valence-corrected chi connectivity index (χ4v) is 4.60. The quantitative estimate of drug-likeness (QED) is 0.496. The Balaban J connectivity index is 1.56. The Kier molecular flexibility index (Phi) is 5.45. The van der Waals surface area contributed by atoms with E-state index in [9.17, 15) is 10.2 Å². The number of ether oxygens (including phenoxy) is 2. The summed E-state index contributed by atoms with van der Waals surface area (Å²) in [4.78, 5) is 13.0. The van der Waals surface area contributed by atoms with E-state index in [0.29, 0.717) is 16.9 Å². The van der Waals surface area contributed by atoms with Gasteiger partial charge in [-0.2, -0.15) is 0 Å². The number of benzene rings is 1. The first-order valence-corrected chi connectivity index (χ1v) is 11.4. The fourth-order valence-electron chi connectivity index (χ4n) is 4.40. The molecule has 34 heavy (non-hydrogen) atoms. The highest BCUT2D eigenvalue weighted by Crippen LogP contribution is 2.35. The number of anilines is 1. The summed E-state index contributed by atoms with van der Waals surface area (Å²) in [5, 5.41) is 24.4. The molecule has 182 valence electrons. The molecule has 0 radical (unpaired) electrons. The van der Waals surface area contributed by atoms with Gasteiger partial charge in [0.1, 0.15) is 29.2 Å². The number of imidazole rings is 1. The number of halogens is 2. The topological polar surface area (TPSA) is 115 Å². The molecule has 0 saturated carbocycles. The second-order valence-corrected chi connectivity index (χ2v) is 9.81. The Hall–Kier alpha value is -2.37. The van der Waals surface area contributed by atoms with Crippen molar-refractivity contribution in [2.75, 3.05) is 11.9 Å². The molecular weight excluding hydrogens is 465 g/mol. The molecule has 2 saturated heterocycles. The first-order chi connectivity index (χ1) is 16.5. The highest BCUT2D eigenvalue weighted by molar-refractivity contribution is 6.33. The van der Waals surface area contributed by atoms with Crippen LogP contribution < -0.4 is 5.32 Å².